The Labute approximate surface area is 407 Å². The third kappa shape index (κ3) is 11.2. The Bertz CT molecular complexity index is 2040. The van der Waals surface area contributed by atoms with Crippen LogP contribution in [-0.4, -0.2) is 98.5 Å². The fourth-order valence-electron chi connectivity index (χ4n) is 12.0. The molecule has 1 aromatic carbocycles. The first-order chi connectivity index (χ1) is 32.5. The first kappa shape index (κ1) is 56.0. The van der Waals surface area contributed by atoms with Crippen LogP contribution in [0.15, 0.2) is 30.4 Å². The van der Waals surface area contributed by atoms with E-state index in [-0.39, 0.29) is 36.0 Å². The smallest absolute Gasteiger partial charge is 0.416 e. The standard InChI is InChI=1S/C51H74F6N2O11/c1-11-35(44(62)63)37-15-14-26(4)42(67-37)30(8)40(60)29(7)41(61)36(12-2)43-27(5)22-28(6)48(68-43)19-16-38(59-45(64)58-34-24-32(50(52,53)54)23-33(25-34)51(55,56)57)49(70-48)21-20-46(10,69-49)39-17-18-47(65,13-3)31(9)66-39/h16,19,23-31,35-40,42-43,60,65H,11-15,17-18,20-22H2,1-10H3,(H,62,63)(H2,58,59,64)/t26-,27-,28+,29-,30-,31-,35+,36-,37+,38+,39+,40+,42+,43-,46-,47+,48-,49-/m0/s1. The maximum absolute atomic E-state index is 14.7. The van der Waals surface area contributed by atoms with E-state index in [0.717, 1.165) is 0 Å². The molecular weight excluding hydrogens is 931 g/mol. The lowest BCUT2D eigenvalue weighted by Crippen LogP contribution is -2.66. The number of carboxylic acids is 1. The van der Waals surface area contributed by atoms with Crippen LogP contribution in [0.1, 0.15) is 145 Å². The van der Waals surface area contributed by atoms with Crippen LogP contribution in [-0.2, 0) is 45.6 Å². The monoisotopic (exact) mass is 1000 g/mol. The number of urea groups is 1. The van der Waals surface area contributed by atoms with Gasteiger partial charge >= 0.3 is 24.4 Å². The largest absolute Gasteiger partial charge is 0.481 e. The Balaban J connectivity index is 1.29. The predicted molar refractivity (Wildman–Crippen MR) is 245 cm³/mol. The number of carboxylic acid groups (broad SMARTS) is 1. The number of aliphatic hydroxyl groups is 2. The van der Waals surface area contributed by atoms with E-state index in [1.165, 1.54) is 0 Å². The van der Waals surface area contributed by atoms with Gasteiger partial charge in [-0.3, -0.25) is 9.59 Å². The molecule has 0 unspecified atom stereocenters. The first-order valence-corrected chi connectivity index (χ1v) is 25.1. The maximum Gasteiger partial charge on any atom is 0.416 e. The summed E-state index contributed by atoms with van der Waals surface area (Å²) in [5.41, 5.74) is -6.14. The second-order valence-electron chi connectivity index (χ2n) is 21.3. The zero-order valence-corrected chi connectivity index (χ0v) is 41.9. The number of anilines is 1. The Morgan fingerprint density at radius 1 is 0.829 bits per heavy atom. The molecule has 4 fully saturated rings. The van der Waals surface area contributed by atoms with Gasteiger partial charge in [0.15, 0.2) is 11.6 Å². The van der Waals surface area contributed by atoms with Gasteiger partial charge in [0.25, 0.3) is 0 Å². The molecule has 1 aromatic rings. The lowest BCUT2D eigenvalue weighted by molar-refractivity contribution is -0.397. The topological polar surface area (TPSA) is 182 Å². The minimum atomic E-state index is -5.15. The van der Waals surface area contributed by atoms with Crippen LogP contribution < -0.4 is 10.6 Å². The lowest BCUT2D eigenvalue weighted by atomic mass is 9.72. The lowest BCUT2D eigenvalue weighted by Gasteiger charge is -2.55. The van der Waals surface area contributed by atoms with Gasteiger partial charge in [-0.2, -0.15) is 26.3 Å². The number of nitrogens with one attached hydrogen (secondary N) is 2. The van der Waals surface area contributed by atoms with Gasteiger partial charge in [0.2, 0.25) is 0 Å². The molecule has 0 radical (unpaired) electrons. The number of halogens is 6. The highest BCUT2D eigenvalue weighted by molar-refractivity contribution is 5.90. The van der Waals surface area contributed by atoms with Gasteiger partial charge in [0.1, 0.15) is 11.8 Å². The van der Waals surface area contributed by atoms with Crippen molar-refractivity contribution in [3.05, 3.63) is 41.5 Å². The zero-order valence-electron chi connectivity index (χ0n) is 41.9. The van der Waals surface area contributed by atoms with Crippen molar-refractivity contribution < 1.29 is 79.7 Å². The van der Waals surface area contributed by atoms with E-state index in [1.54, 1.807) is 32.9 Å². The van der Waals surface area contributed by atoms with E-state index in [1.807, 2.05) is 48.5 Å². The number of hydrogen-bond acceptors (Lipinski definition) is 10. The van der Waals surface area contributed by atoms with E-state index in [4.69, 9.17) is 23.7 Å². The van der Waals surface area contributed by atoms with Gasteiger partial charge in [0, 0.05) is 35.8 Å². The highest BCUT2D eigenvalue weighted by Crippen LogP contribution is 2.54. The van der Waals surface area contributed by atoms with Gasteiger partial charge in [-0.1, -0.05) is 61.5 Å². The fourth-order valence-corrected chi connectivity index (χ4v) is 12.0. The van der Waals surface area contributed by atoms with Gasteiger partial charge in [-0.15, -0.1) is 0 Å². The van der Waals surface area contributed by atoms with E-state index in [0.29, 0.717) is 69.9 Å². The predicted octanol–water partition coefficient (Wildman–Crippen LogP) is 10.1. The second kappa shape index (κ2) is 20.9. The van der Waals surface area contributed by atoms with Crippen LogP contribution in [0.5, 0.6) is 0 Å². The first-order valence-electron chi connectivity index (χ1n) is 25.1. The van der Waals surface area contributed by atoms with Gasteiger partial charge < -0.3 is 49.6 Å². The molecule has 0 aliphatic carbocycles. The molecule has 4 saturated heterocycles. The molecule has 5 N–H and O–H groups in total. The van der Waals surface area contributed by atoms with Crippen molar-refractivity contribution in [3.8, 4) is 0 Å². The number of Topliss-reactive ketones (excluding diaryl/α,β-unsaturated/α-hetero) is 1. The van der Waals surface area contributed by atoms with Crippen LogP contribution in [0.25, 0.3) is 0 Å². The molecule has 0 aromatic heterocycles. The van der Waals surface area contributed by atoms with Crippen LogP contribution in [0.4, 0.5) is 36.8 Å². The summed E-state index contributed by atoms with van der Waals surface area (Å²) in [4.78, 5) is 40.5. The molecule has 5 heterocycles. The number of alkyl halides is 6. The quantitative estimate of drug-likeness (QED) is 0.0884. The fraction of sp³-hybridized carbons (Fsp3) is 0.784. The minimum Gasteiger partial charge on any atom is -0.481 e. The van der Waals surface area contributed by atoms with E-state index < -0.39 is 130 Å². The average Bonchev–Trinajstić information content (AvgIpc) is 3.63. The van der Waals surface area contributed by atoms with Crippen molar-refractivity contribution in [3.63, 3.8) is 0 Å². The number of amides is 2. The molecule has 2 amide bonds. The molecule has 18 atom stereocenters. The third-order valence-electron chi connectivity index (χ3n) is 16.6. The Kier molecular flexibility index (Phi) is 16.7. The van der Waals surface area contributed by atoms with Crippen molar-refractivity contribution >= 4 is 23.5 Å². The highest BCUT2D eigenvalue weighted by atomic mass is 19.4. The molecule has 0 bridgehead atoms. The highest BCUT2D eigenvalue weighted by Gasteiger charge is 2.63. The molecule has 19 heteroatoms. The minimum absolute atomic E-state index is 0.00149. The number of aliphatic carboxylic acids is 1. The summed E-state index contributed by atoms with van der Waals surface area (Å²) in [5.74, 6) is -7.94. The molecule has 396 valence electrons. The number of ketones is 1. The summed E-state index contributed by atoms with van der Waals surface area (Å²) in [7, 11) is 0. The normalized spacial score (nSPS) is 38.2. The van der Waals surface area contributed by atoms with Crippen molar-refractivity contribution in [1.82, 2.24) is 5.32 Å². The number of benzene rings is 1. The average molecular weight is 1010 g/mol. The van der Waals surface area contributed by atoms with Crippen LogP contribution in [0, 0.1) is 41.4 Å². The molecule has 13 nitrogen and oxygen atoms in total. The van der Waals surface area contributed by atoms with Crippen molar-refractivity contribution in [1.29, 1.82) is 0 Å². The second-order valence-corrected chi connectivity index (χ2v) is 21.3. The summed E-state index contributed by atoms with van der Waals surface area (Å²) < 4.78 is 117. The Morgan fingerprint density at radius 2 is 1.46 bits per heavy atom. The van der Waals surface area contributed by atoms with Crippen molar-refractivity contribution in [2.45, 2.75) is 211 Å². The molecule has 6 rings (SSSR count). The summed E-state index contributed by atoms with van der Waals surface area (Å²) in [6, 6.07) is -1.56. The third-order valence-corrected chi connectivity index (χ3v) is 16.6. The molecular formula is C51H74F6N2O11. The number of ether oxygens (including phenoxy) is 5. The van der Waals surface area contributed by atoms with Gasteiger partial charge in [-0.25, -0.2) is 4.79 Å². The summed E-state index contributed by atoms with van der Waals surface area (Å²) in [6.07, 6.45) is -7.01. The van der Waals surface area contributed by atoms with E-state index in [9.17, 15) is 56.0 Å². The summed E-state index contributed by atoms with van der Waals surface area (Å²) in [6.45, 7) is 18.5. The summed E-state index contributed by atoms with van der Waals surface area (Å²) in [5, 5.41) is 37.8. The molecule has 5 aliphatic rings. The maximum atomic E-state index is 14.7. The number of carbonyl (C=O) groups excluding carboxylic acids is 2. The number of hydrogen-bond donors (Lipinski definition) is 5. The Hall–Kier alpha value is -3.33. The number of carbonyl (C=O) groups is 3. The van der Waals surface area contributed by atoms with Crippen molar-refractivity contribution in [2.75, 3.05) is 5.32 Å². The van der Waals surface area contributed by atoms with Crippen molar-refractivity contribution in [2.24, 2.45) is 41.4 Å². The molecule has 2 spiro atoms. The number of rotatable bonds is 14. The Morgan fingerprint density at radius 3 is 2.01 bits per heavy atom. The van der Waals surface area contributed by atoms with Crippen LogP contribution in [0.3, 0.4) is 0 Å². The van der Waals surface area contributed by atoms with Crippen LogP contribution in [0.2, 0.25) is 0 Å². The van der Waals surface area contributed by atoms with E-state index >= 15 is 0 Å². The van der Waals surface area contributed by atoms with E-state index in [2.05, 4.69) is 10.6 Å². The summed E-state index contributed by atoms with van der Waals surface area (Å²) >= 11 is 0. The molecule has 0 saturated carbocycles. The SMILES string of the molecule is CC[C@@H](C(=O)[C@@H](C)[C@@H](O)[C@H](C)[C@@H]1O[C@@H]([C@@H](CC)C(=O)O)CC[C@@H]1C)[C@H]1O[C@]2(C=C[C@@H](NC(=O)Nc3cc(C(F)(F)F)cc(C(F)(F)F)c3)[C@]3(CC[C@@](C)([C@H]4CC[C@](O)(CC)[C@H](C)O4)O3)O2)[C@H](C)C[C@@H]1C. The van der Waals surface area contributed by atoms with Gasteiger partial charge in [-0.05, 0) is 108 Å². The number of aliphatic hydroxyl groups excluding tert-OH is 1. The molecule has 5 aliphatic heterocycles. The van der Waals surface area contributed by atoms with Crippen LogP contribution >= 0.6 is 0 Å². The zero-order chi connectivity index (χ0) is 52.1. The van der Waals surface area contributed by atoms with Gasteiger partial charge in [0.05, 0.1) is 64.9 Å². The molecule has 70 heavy (non-hydrogen) atoms.